The number of ether oxygens (including phenoxy) is 1. The Hall–Kier alpha value is -2.08. The average Bonchev–Trinajstić information content (AvgIpc) is 2.93. The van der Waals surface area contributed by atoms with E-state index in [1.165, 1.54) is 19.1 Å². The molecule has 0 radical (unpaired) electrons. The van der Waals surface area contributed by atoms with E-state index in [2.05, 4.69) is 5.32 Å². The second-order valence-electron chi connectivity index (χ2n) is 5.26. The van der Waals surface area contributed by atoms with E-state index >= 15 is 0 Å². The van der Waals surface area contributed by atoms with Crippen molar-refractivity contribution < 1.29 is 19.1 Å². The summed E-state index contributed by atoms with van der Waals surface area (Å²) in [4.78, 5) is 37.2. The molecule has 1 aliphatic rings. The number of hydrogen-bond acceptors (Lipinski definition) is 4. The van der Waals surface area contributed by atoms with Crippen molar-refractivity contribution in [3.05, 3.63) is 28.8 Å². The highest BCUT2D eigenvalue weighted by molar-refractivity contribution is 6.34. The van der Waals surface area contributed by atoms with Gasteiger partial charge >= 0.3 is 5.97 Å². The van der Waals surface area contributed by atoms with Crippen molar-refractivity contribution in [2.45, 2.75) is 32.8 Å². The Labute approximate surface area is 139 Å². The van der Waals surface area contributed by atoms with Crippen molar-refractivity contribution in [3.8, 4) is 0 Å². The van der Waals surface area contributed by atoms with E-state index in [9.17, 15) is 14.4 Å². The molecule has 0 unspecified atom stereocenters. The summed E-state index contributed by atoms with van der Waals surface area (Å²) in [6.45, 7) is 4.32. The molecule has 0 spiro atoms. The fourth-order valence-electron chi connectivity index (χ4n) is 2.35. The van der Waals surface area contributed by atoms with Crippen molar-refractivity contribution in [1.82, 2.24) is 5.32 Å². The Morgan fingerprint density at radius 3 is 2.78 bits per heavy atom. The van der Waals surface area contributed by atoms with Gasteiger partial charge in [0.2, 0.25) is 5.91 Å². The second kappa shape index (κ2) is 7.46. The number of nitrogens with one attached hydrogen (secondary N) is 1. The van der Waals surface area contributed by atoms with Gasteiger partial charge in [-0.15, -0.1) is 0 Å². The summed E-state index contributed by atoms with van der Waals surface area (Å²) in [6, 6.07) is 4.59. The molecule has 0 aromatic heterocycles. The van der Waals surface area contributed by atoms with Crippen LogP contribution in [-0.2, 0) is 14.3 Å². The molecule has 1 aromatic carbocycles. The van der Waals surface area contributed by atoms with Gasteiger partial charge in [0, 0.05) is 19.5 Å². The number of nitrogens with zero attached hydrogens (tertiary/aromatic N) is 1. The molecule has 1 saturated heterocycles. The predicted octanol–water partition coefficient (Wildman–Crippen LogP) is 2.15. The smallest absolute Gasteiger partial charge is 0.338 e. The number of carbonyl (C=O) groups is 3. The van der Waals surface area contributed by atoms with Crippen LogP contribution in [0.25, 0.3) is 0 Å². The third kappa shape index (κ3) is 4.01. The van der Waals surface area contributed by atoms with Crippen molar-refractivity contribution >= 4 is 35.1 Å². The number of amides is 2. The largest absolute Gasteiger partial charge is 0.449 e. The average molecular weight is 339 g/mol. The molecule has 23 heavy (non-hydrogen) atoms. The van der Waals surface area contributed by atoms with Crippen molar-refractivity contribution in [1.29, 1.82) is 0 Å². The van der Waals surface area contributed by atoms with Gasteiger partial charge in [0.05, 0.1) is 16.3 Å². The summed E-state index contributed by atoms with van der Waals surface area (Å²) in [7, 11) is 0. The van der Waals surface area contributed by atoms with Gasteiger partial charge in [-0.2, -0.15) is 0 Å². The lowest BCUT2D eigenvalue weighted by Gasteiger charge is -2.18. The normalized spacial score (nSPS) is 15.4. The zero-order valence-electron chi connectivity index (χ0n) is 13.1. The molecule has 1 N–H and O–H groups in total. The summed E-state index contributed by atoms with van der Waals surface area (Å²) < 4.78 is 5.14. The maximum absolute atomic E-state index is 12.2. The Morgan fingerprint density at radius 1 is 1.43 bits per heavy atom. The number of anilines is 1. The molecule has 0 bridgehead atoms. The van der Waals surface area contributed by atoms with Gasteiger partial charge in [0.25, 0.3) is 5.91 Å². The molecule has 1 heterocycles. The van der Waals surface area contributed by atoms with Gasteiger partial charge < -0.3 is 15.0 Å². The quantitative estimate of drug-likeness (QED) is 0.835. The molecule has 124 valence electrons. The fourth-order valence-corrected chi connectivity index (χ4v) is 2.57. The second-order valence-corrected chi connectivity index (χ2v) is 5.66. The maximum Gasteiger partial charge on any atom is 0.338 e. The van der Waals surface area contributed by atoms with Crippen molar-refractivity contribution in [3.63, 3.8) is 0 Å². The molecule has 2 rings (SSSR count). The van der Waals surface area contributed by atoms with Crippen LogP contribution in [-0.4, -0.2) is 37.0 Å². The molecule has 0 saturated carbocycles. The third-order valence-electron chi connectivity index (χ3n) is 3.55. The molecular weight excluding hydrogens is 320 g/mol. The summed E-state index contributed by atoms with van der Waals surface area (Å²) in [5.74, 6) is -1.01. The first kappa shape index (κ1) is 17.3. The van der Waals surface area contributed by atoms with E-state index in [0.29, 0.717) is 30.2 Å². The Bertz CT molecular complexity index is 633. The number of carbonyl (C=O) groups excluding carboxylic acids is 3. The van der Waals surface area contributed by atoms with E-state index in [0.717, 1.165) is 6.42 Å². The molecule has 7 heteroatoms. The lowest BCUT2D eigenvalue weighted by atomic mass is 10.2. The molecule has 0 aliphatic carbocycles. The maximum atomic E-state index is 12.2. The SMILES string of the molecule is CCNC(=O)[C@@H](C)OC(=O)c1ccc(Cl)c(N2CCCC2=O)c1. The van der Waals surface area contributed by atoms with E-state index in [1.54, 1.807) is 17.9 Å². The zero-order valence-corrected chi connectivity index (χ0v) is 13.9. The Morgan fingerprint density at radius 2 is 2.17 bits per heavy atom. The van der Waals surface area contributed by atoms with Crippen LogP contribution >= 0.6 is 11.6 Å². The van der Waals surface area contributed by atoms with Gasteiger partial charge in [-0.25, -0.2) is 4.79 Å². The predicted molar refractivity (Wildman–Crippen MR) is 86.6 cm³/mol. The number of likely N-dealkylation sites (N-methyl/N-ethyl adjacent to an activating group) is 1. The number of halogens is 1. The van der Waals surface area contributed by atoms with Gasteiger partial charge in [-0.1, -0.05) is 11.6 Å². The van der Waals surface area contributed by atoms with E-state index in [-0.39, 0.29) is 17.4 Å². The van der Waals surface area contributed by atoms with Gasteiger partial charge in [-0.3, -0.25) is 9.59 Å². The summed E-state index contributed by atoms with van der Waals surface area (Å²) in [5.41, 5.74) is 0.745. The standard InChI is InChI=1S/C16H19ClN2O4/c1-3-18-15(21)10(2)23-16(22)11-6-7-12(17)13(9-11)19-8-4-5-14(19)20/h6-7,9-10H,3-5,8H2,1-2H3,(H,18,21)/t10-/m1/s1. The van der Waals surface area contributed by atoms with Crippen LogP contribution in [0.2, 0.25) is 5.02 Å². The van der Waals surface area contributed by atoms with Gasteiger partial charge in [-0.05, 0) is 38.5 Å². The van der Waals surface area contributed by atoms with E-state index < -0.39 is 12.1 Å². The Balaban J connectivity index is 2.15. The van der Waals surface area contributed by atoms with E-state index in [4.69, 9.17) is 16.3 Å². The number of hydrogen-bond donors (Lipinski definition) is 1. The zero-order chi connectivity index (χ0) is 17.0. The highest BCUT2D eigenvalue weighted by atomic mass is 35.5. The van der Waals surface area contributed by atoms with Gasteiger partial charge in [0.15, 0.2) is 6.10 Å². The molecule has 6 nitrogen and oxygen atoms in total. The summed E-state index contributed by atoms with van der Waals surface area (Å²) in [5, 5.41) is 2.98. The van der Waals surface area contributed by atoms with Crippen molar-refractivity contribution in [2.24, 2.45) is 0 Å². The lowest BCUT2D eigenvalue weighted by molar-refractivity contribution is -0.129. The fraction of sp³-hybridized carbons (Fsp3) is 0.438. The minimum Gasteiger partial charge on any atom is -0.449 e. The summed E-state index contributed by atoms with van der Waals surface area (Å²) in [6.07, 6.45) is 0.340. The summed E-state index contributed by atoms with van der Waals surface area (Å²) >= 11 is 6.13. The first-order valence-corrected chi connectivity index (χ1v) is 7.90. The van der Waals surface area contributed by atoms with Crippen LogP contribution in [0, 0.1) is 0 Å². The first-order chi connectivity index (χ1) is 10.9. The highest BCUT2D eigenvalue weighted by Gasteiger charge is 2.25. The molecule has 1 atom stereocenters. The van der Waals surface area contributed by atoms with Crippen molar-refractivity contribution in [2.75, 3.05) is 18.0 Å². The van der Waals surface area contributed by atoms with Crippen LogP contribution in [0.5, 0.6) is 0 Å². The molecular formula is C16H19ClN2O4. The highest BCUT2D eigenvalue weighted by Crippen LogP contribution is 2.30. The first-order valence-electron chi connectivity index (χ1n) is 7.52. The topological polar surface area (TPSA) is 75.7 Å². The monoisotopic (exact) mass is 338 g/mol. The number of benzene rings is 1. The molecule has 1 fully saturated rings. The van der Waals surface area contributed by atoms with Gasteiger partial charge in [0.1, 0.15) is 0 Å². The Kier molecular flexibility index (Phi) is 5.60. The minimum atomic E-state index is -0.894. The van der Waals surface area contributed by atoms with Crippen LogP contribution in [0.4, 0.5) is 5.69 Å². The number of esters is 1. The third-order valence-corrected chi connectivity index (χ3v) is 3.87. The molecule has 1 aromatic rings. The molecule has 2 amide bonds. The minimum absolute atomic E-state index is 0.0203. The van der Waals surface area contributed by atoms with E-state index in [1.807, 2.05) is 0 Å². The number of rotatable bonds is 5. The van der Waals surface area contributed by atoms with Crippen LogP contribution in [0.15, 0.2) is 18.2 Å². The van der Waals surface area contributed by atoms with Crippen LogP contribution in [0.1, 0.15) is 37.0 Å². The lowest BCUT2D eigenvalue weighted by Crippen LogP contribution is -2.35. The van der Waals surface area contributed by atoms with Crippen LogP contribution in [0.3, 0.4) is 0 Å². The van der Waals surface area contributed by atoms with Crippen LogP contribution < -0.4 is 10.2 Å². The molecule has 1 aliphatic heterocycles.